The second-order valence-corrected chi connectivity index (χ2v) is 16.3. The first-order valence-corrected chi connectivity index (χ1v) is 19.5. The molecule has 9 N–H and O–H groups in total. The summed E-state index contributed by atoms with van der Waals surface area (Å²) in [6.45, 7) is -1.51. The quantitative estimate of drug-likeness (QED) is 0.0863. The van der Waals surface area contributed by atoms with E-state index in [0.29, 0.717) is 5.69 Å². The Morgan fingerprint density at radius 1 is 0.722 bits per heavy atom. The Labute approximate surface area is 302 Å². The highest BCUT2D eigenvalue weighted by Crippen LogP contribution is 2.60. The molecule has 4 aliphatic rings. The van der Waals surface area contributed by atoms with Gasteiger partial charge in [-0.05, 0) is 0 Å². The van der Waals surface area contributed by atoms with Gasteiger partial charge in [0, 0.05) is 0 Å². The molecule has 0 saturated carbocycles. The zero-order valence-corrected chi connectivity index (χ0v) is 30.2. The number of phosphoric ester groups is 1. The lowest BCUT2D eigenvalue weighted by molar-refractivity contribution is -0.410. The first kappa shape index (κ1) is 42.0. The van der Waals surface area contributed by atoms with Gasteiger partial charge in [0.25, 0.3) is 15.6 Å². The third-order valence-corrected chi connectivity index (χ3v) is 12.0. The van der Waals surface area contributed by atoms with E-state index in [1.54, 1.807) is 17.8 Å². The molecule has 2 saturated heterocycles. The zero-order chi connectivity index (χ0) is 40.2. The van der Waals surface area contributed by atoms with Gasteiger partial charge >= 0.3 is 0 Å². The van der Waals surface area contributed by atoms with Crippen molar-refractivity contribution in [2.45, 2.75) is 60.7 Å². The number of nitrogens with two attached hydrogens (primary N) is 2. The molecule has 0 bridgehead atoms. The van der Waals surface area contributed by atoms with Crippen LogP contribution in [0, 0.1) is 0 Å². The summed E-state index contributed by atoms with van der Waals surface area (Å²) in [7, 11) is -15.0. The Morgan fingerprint density at radius 3 is 1.56 bits per heavy atom. The monoisotopic (exact) mass is 828 g/mol. The molecule has 4 aliphatic heterocycles. The van der Waals surface area contributed by atoms with Crippen molar-refractivity contribution < 1.29 is 101 Å². The van der Waals surface area contributed by atoms with Crippen LogP contribution in [0.15, 0.2) is 0 Å². The van der Waals surface area contributed by atoms with E-state index < -0.39 is 109 Å². The molecule has 6 rings (SSSR count). The molecule has 30 heteroatoms. The van der Waals surface area contributed by atoms with Crippen molar-refractivity contribution in [3.05, 3.63) is 11.4 Å². The third-order valence-electron chi connectivity index (χ3n) is 8.38. The van der Waals surface area contributed by atoms with E-state index in [0.717, 1.165) is 0 Å². The molecule has 0 amide bonds. The molecule has 2 aromatic rings. The minimum atomic E-state index is -6.16. The maximum absolute atomic E-state index is 12.1. The Bertz CT molecular complexity index is 1990. The van der Waals surface area contributed by atoms with E-state index in [4.69, 9.17) is 26.0 Å². The molecule has 6 heterocycles. The van der Waals surface area contributed by atoms with Crippen LogP contribution in [0.4, 0.5) is 23.3 Å². The van der Waals surface area contributed by atoms with Gasteiger partial charge in [0.1, 0.15) is 86.2 Å². The number of fused-ring (bicyclic) bond motifs is 2. The number of aliphatic hydroxyl groups is 5. The van der Waals surface area contributed by atoms with Crippen molar-refractivity contribution in [3.63, 3.8) is 0 Å². The first-order valence-electron chi connectivity index (χ1n) is 15.1. The normalized spacial score (nSPS) is 32.5. The van der Waals surface area contributed by atoms with Gasteiger partial charge in [-0.2, -0.15) is 0 Å². The van der Waals surface area contributed by atoms with Gasteiger partial charge in [-0.3, -0.25) is 13.4 Å². The average Bonchev–Trinajstić information content (AvgIpc) is 3.71. The fraction of sp³-hybridized carbons (Fsp3) is 0.583. The summed E-state index contributed by atoms with van der Waals surface area (Å²) in [5.41, 5.74) is 11.7. The minimum absolute atomic E-state index is 0.0388. The SMILES string of the molecule is C[N+]1=CC([C@@H]2O[C@H](CO)[C@H](O)C2O)c2nc(N)nc([O-])c21.C[N+]1=CC([C@@H]2O[C@H](COP(=O)([O-])OP(=O)([O-])OP(=O)([O-])[O-])[C@H](O)C2O)c2nc(N)nc([O-])c21. The summed E-state index contributed by atoms with van der Waals surface area (Å²) < 4.78 is 57.7. The van der Waals surface area contributed by atoms with E-state index in [1.807, 2.05) is 0 Å². The maximum Gasteiger partial charge on any atom is 0.278 e. The Balaban J connectivity index is 0.000000228. The molecular weight excluding hydrogens is 797 g/mol. The van der Waals surface area contributed by atoms with Crippen molar-refractivity contribution in [3.8, 4) is 11.8 Å². The maximum atomic E-state index is 12.1. The van der Waals surface area contributed by atoms with Gasteiger partial charge in [-0.15, -0.1) is 0 Å². The summed E-state index contributed by atoms with van der Waals surface area (Å²) in [5.74, 6) is -3.20. The lowest BCUT2D eigenvalue weighted by atomic mass is 9.95. The topological polar surface area (TPSA) is 446 Å². The Hall–Kier alpha value is -3.17. The van der Waals surface area contributed by atoms with Crippen LogP contribution in [-0.4, -0.2) is 143 Å². The number of phosphoric acid groups is 3. The van der Waals surface area contributed by atoms with Gasteiger partial charge in [0.15, 0.2) is 12.4 Å². The average molecular weight is 828 g/mol. The number of nitrogens with zero attached hydrogens (tertiary/aromatic N) is 6. The number of anilines is 2. The number of hydrogen-bond acceptors (Lipinski definition) is 25. The molecule has 0 aromatic carbocycles. The standard InChI is InChI=1S/C12H19N4O14P3.C12H16N4O5/c1-16-2-4(6-7(16)11(19)15-12(13)14-6)10-9(18)8(17)5(28-10)3-27-32(23,24)30-33(25,26)29-31(20,21)22;1-16-2-4(6-7(16)11(20)15-12(13)14-6)10-9(19)8(18)5(3-17)21-10/h2,4-5,8-10,17-18H,3H2,1H3,(H6-,13,14,15,19,20,21,22,23,24,25,26);2,4-5,8-10,17-19H,3H2,1H3,(H2-,13,14,15,20)/p-4/t2*4?,5-,8+,9?,10+/m11/s1. The molecule has 0 aliphatic carbocycles. The number of hydrogen-bond donors (Lipinski definition) is 7. The van der Waals surface area contributed by atoms with Crippen molar-refractivity contribution in [2.24, 2.45) is 0 Å². The number of nitrogen functional groups attached to an aromatic ring is 2. The Morgan fingerprint density at radius 2 is 1.15 bits per heavy atom. The molecule has 6 unspecified atom stereocenters. The number of ether oxygens (including phenoxy) is 2. The van der Waals surface area contributed by atoms with Crippen LogP contribution in [0.5, 0.6) is 11.8 Å². The summed E-state index contributed by atoms with van der Waals surface area (Å²) in [6.07, 6.45) is -7.29. The smallest absolute Gasteiger partial charge is 0.278 e. The van der Waals surface area contributed by atoms with Crippen LogP contribution >= 0.6 is 23.5 Å². The van der Waals surface area contributed by atoms with Gasteiger partial charge in [0.2, 0.25) is 23.3 Å². The van der Waals surface area contributed by atoms with Crippen LogP contribution in [0.1, 0.15) is 23.2 Å². The fourth-order valence-electron chi connectivity index (χ4n) is 6.20. The van der Waals surface area contributed by atoms with Gasteiger partial charge < -0.3 is 85.3 Å². The predicted molar refractivity (Wildman–Crippen MR) is 160 cm³/mol. The zero-order valence-electron chi connectivity index (χ0n) is 27.5. The van der Waals surface area contributed by atoms with Gasteiger partial charge in [0.05, 0.1) is 32.8 Å². The van der Waals surface area contributed by atoms with E-state index >= 15 is 0 Å². The largest absolute Gasteiger partial charge is 0.854 e. The molecule has 0 radical (unpaired) electrons. The molecule has 27 nitrogen and oxygen atoms in total. The van der Waals surface area contributed by atoms with Crippen LogP contribution in [0.2, 0.25) is 0 Å². The minimum Gasteiger partial charge on any atom is -0.854 e. The van der Waals surface area contributed by atoms with E-state index in [2.05, 4.69) is 33.1 Å². The fourth-order valence-corrected chi connectivity index (χ4v) is 9.07. The molecule has 54 heavy (non-hydrogen) atoms. The van der Waals surface area contributed by atoms with Crippen LogP contribution in [-0.2, 0) is 36.3 Å². The Kier molecular flexibility index (Phi) is 12.0. The summed E-state index contributed by atoms with van der Waals surface area (Å²) >= 11 is 0. The number of aliphatic hydroxyl groups excluding tert-OH is 5. The molecular formula is C24H31N8O19P3-4. The van der Waals surface area contributed by atoms with E-state index in [-0.39, 0.29) is 29.0 Å². The predicted octanol–water partition coefficient (Wildman–Crippen LogP) is -8.07. The highest BCUT2D eigenvalue weighted by molar-refractivity contribution is 7.64. The van der Waals surface area contributed by atoms with Gasteiger partial charge in [-0.1, -0.05) is 0 Å². The summed E-state index contributed by atoms with van der Waals surface area (Å²) in [4.78, 5) is 58.6. The molecule has 300 valence electrons. The van der Waals surface area contributed by atoms with E-state index in [9.17, 15) is 63.9 Å². The second-order valence-electron chi connectivity index (χ2n) is 12.0. The van der Waals surface area contributed by atoms with Crippen LogP contribution in [0.25, 0.3) is 0 Å². The van der Waals surface area contributed by atoms with Crippen molar-refractivity contribution in [1.82, 2.24) is 19.9 Å². The molecule has 2 aromatic heterocycles. The lowest BCUT2D eigenvalue weighted by Gasteiger charge is -2.37. The first-order chi connectivity index (χ1) is 24.9. The molecule has 2 fully saturated rings. The van der Waals surface area contributed by atoms with Crippen molar-refractivity contribution in [2.75, 3.05) is 38.8 Å². The second kappa shape index (κ2) is 15.4. The van der Waals surface area contributed by atoms with E-state index in [1.165, 1.54) is 17.8 Å². The summed E-state index contributed by atoms with van der Waals surface area (Å²) in [5, 5.41) is 73.6. The molecule has 0 spiro atoms. The lowest BCUT2D eigenvalue weighted by Crippen LogP contribution is -2.36. The highest BCUT2D eigenvalue weighted by atomic mass is 31.3. The summed E-state index contributed by atoms with van der Waals surface area (Å²) in [6, 6.07) is 0. The van der Waals surface area contributed by atoms with Crippen molar-refractivity contribution >= 4 is 59.2 Å². The number of aromatic nitrogens is 4. The highest BCUT2D eigenvalue weighted by Gasteiger charge is 2.52. The van der Waals surface area contributed by atoms with Crippen molar-refractivity contribution in [1.29, 1.82) is 0 Å². The van der Waals surface area contributed by atoms with Crippen LogP contribution < -0.4 is 41.3 Å². The molecule has 12 atom stereocenters. The number of rotatable bonds is 10. The van der Waals surface area contributed by atoms with Crippen LogP contribution in [0.3, 0.4) is 0 Å². The van der Waals surface area contributed by atoms with Gasteiger partial charge in [-0.25, -0.2) is 33.4 Å². The third kappa shape index (κ3) is 8.77.